The van der Waals surface area contributed by atoms with Gasteiger partial charge in [0, 0.05) is 28.9 Å². The Morgan fingerprint density at radius 1 is 0.870 bits per heavy atom. The normalized spacial score (nSPS) is 12.6. The molecule has 0 saturated carbocycles. The molecule has 0 aliphatic heterocycles. The molecule has 2 atom stereocenters. The largest absolute Gasteiger partial charge is 0.352 e. The van der Waals surface area contributed by atoms with Crippen molar-refractivity contribution in [3.05, 3.63) is 125 Å². The number of amides is 2. The monoisotopic (exact) mass is 677 g/mol. The second-order valence-corrected chi connectivity index (χ2v) is 14.4. The van der Waals surface area contributed by atoms with E-state index in [-0.39, 0.29) is 29.8 Å². The van der Waals surface area contributed by atoms with Crippen molar-refractivity contribution in [2.75, 3.05) is 17.1 Å². The fraction of sp³-hybridized carbons (Fsp3) is 0.278. The van der Waals surface area contributed by atoms with Gasteiger partial charge in [-0.3, -0.25) is 13.9 Å². The number of hydrogen-bond donors (Lipinski definition) is 1. The molecule has 0 heterocycles. The van der Waals surface area contributed by atoms with Crippen molar-refractivity contribution in [3.8, 4) is 0 Å². The van der Waals surface area contributed by atoms with Crippen LogP contribution in [0.1, 0.15) is 37.0 Å². The van der Waals surface area contributed by atoms with E-state index in [1.807, 2.05) is 69.5 Å². The van der Waals surface area contributed by atoms with Gasteiger partial charge in [0.25, 0.3) is 10.0 Å². The first-order valence-electron chi connectivity index (χ1n) is 15.1. The number of carbonyl (C=O) groups is 2. The van der Waals surface area contributed by atoms with Crippen LogP contribution in [0.3, 0.4) is 0 Å². The van der Waals surface area contributed by atoms with E-state index in [1.165, 1.54) is 16.7 Å². The fourth-order valence-corrected chi connectivity index (χ4v) is 6.84. The molecule has 0 spiro atoms. The van der Waals surface area contributed by atoms with Crippen LogP contribution in [0.15, 0.2) is 113 Å². The molecule has 0 aliphatic carbocycles. The lowest BCUT2D eigenvalue weighted by Gasteiger charge is -2.34. The van der Waals surface area contributed by atoms with Gasteiger partial charge in [0.1, 0.15) is 12.6 Å². The van der Waals surface area contributed by atoms with Crippen molar-refractivity contribution in [3.63, 3.8) is 0 Å². The highest BCUT2D eigenvalue weighted by Crippen LogP contribution is 2.27. The number of nitrogens with zero attached hydrogens (tertiary/aromatic N) is 2. The number of halogens is 1. The van der Waals surface area contributed by atoms with Gasteiger partial charge < -0.3 is 10.2 Å². The third-order valence-corrected chi connectivity index (χ3v) is 10.6. The van der Waals surface area contributed by atoms with E-state index in [0.717, 1.165) is 25.9 Å². The van der Waals surface area contributed by atoms with E-state index in [0.29, 0.717) is 17.1 Å². The summed E-state index contributed by atoms with van der Waals surface area (Å²) in [4.78, 5) is 30.9. The molecule has 0 bridgehead atoms. The fourth-order valence-electron chi connectivity index (χ4n) is 4.90. The van der Waals surface area contributed by atoms with Crippen LogP contribution in [0.5, 0.6) is 0 Å². The molecular formula is C36H40ClN3O4S2. The van der Waals surface area contributed by atoms with E-state index < -0.39 is 28.5 Å². The van der Waals surface area contributed by atoms with Crippen molar-refractivity contribution < 1.29 is 18.0 Å². The summed E-state index contributed by atoms with van der Waals surface area (Å²) in [7, 11) is -4.17. The number of thioether (sulfide) groups is 1. The summed E-state index contributed by atoms with van der Waals surface area (Å²) < 4.78 is 29.5. The number of nitrogens with one attached hydrogen (secondary N) is 1. The summed E-state index contributed by atoms with van der Waals surface area (Å²) in [6, 6.07) is 29.1. The smallest absolute Gasteiger partial charge is 0.264 e. The van der Waals surface area contributed by atoms with Crippen LogP contribution in [0, 0.1) is 6.92 Å². The van der Waals surface area contributed by atoms with E-state index in [2.05, 4.69) is 5.32 Å². The number of sulfonamides is 1. The first kappa shape index (κ1) is 35.1. The highest BCUT2D eigenvalue weighted by molar-refractivity contribution is 7.98. The Morgan fingerprint density at radius 3 is 2.09 bits per heavy atom. The number of rotatable bonds is 14. The first-order valence-corrected chi connectivity index (χ1v) is 18.2. The van der Waals surface area contributed by atoms with Crippen molar-refractivity contribution in [2.24, 2.45) is 0 Å². The lowest BCUT2D eigenvalue weighted by atomic mass is 10.0. The standard InChI is InChI=1S/C36H40ClN3O4S2/c1-5-27(3)38-36(42)34(23-28-9-7-6-8-10-28)39(24-29-13-15-30(37)16-14-29)35(41)25-40(31-17-11-26(2)12-18-31)46(43,44)33-21-19-32(45-4)20-22-33/h6-22,27,34H,5,23-25H2,1-4H3,(H,38,42)/t27-,34-/m1/s1. The highest BCUT2D eigenvalue weighted by Gasteiger charge is 2.35. The van der Waals surface area contributed by atoms with Gasteiger partial charge in [-0.15, -0.1) is 11.8 Å². The van der Waals surface area contributed by atoms with Gasteiger partial charge in [-0.2, -0.15) is 0 Å². The van der Waals surface area contributed by atoms with Crippen LogP contribution in [-0.2, 0) is 32.6 Å². The summed E-state index contributed by atoms with van der Waals surface area (Å²) in [5.74, 6) is -0.821. The zero-order valence-electron chi connectivity index (χ0n) is 26.5. The maximum atomic E-state index is 14.5. The van der Waals surface area contributed by atoms with Crippen LogP contribution >= 0.6 is 23.4 Å². The van der Waals surface area contributed by atoms with Crippen LogP contribution in [0.2, 0.25) is 5.02 Å². The number of aryl methyl sites for hydroxylation is 1. The van der Waals surface area contributed by atoms with E-state index in [1.54, 1.807) is 60.7 Å². The lowest BCUT2D eigenvalue weighted by Crippen LogP contribution is -2.54. The van der Waals surface area contributed by atoms with Gasteiger partial charge in [-0.1, -0.05) is 78.7 Å². The van der Waals surface area contributed by atoms with Crippen LogP contribution < -0.4 is 9.62 Å². The number of hydrogen-bond acceptors (Lipinski definition) is 5. The molecule has 46 heavy (non-hydrogen) atoms. The van der Waals surface area contributed by atoms with E-state index >= 15 is 0 Å². The van der Waals surface area contributed by atoms with Gasteiger partial charge >= 0.3 is 0 Å². The average molecular weight is 678 g/mol. The molecule has 0 radical (unpaired) electrons. The summed E-state index contributed by atoms with van der Waals surface area (Å²) in [6.45, 7) is 5.37. The minimum absolute atomic E-state index is 0.0678. The zero-order chi connectivity index (χ0) is 33.3. The van der Waals surface area contributed by atoms with Gasteiger partial charge in [0.05, 0.1) is 10.6 Å². The number of benzene rings is 4. The van der Waals surface area contributed by atoms with Gasteiger partial charge in [0.15, 0.2) is 0 Å². The van der Waals surface area contributed by atoms with Gasteiger partial charge in [0.2, 0.25) is 11.8 Å². The molecule has 2 amide bonds. The Labute approximate surface area is 282 Å². The predicted molar refractivity (Wildman–Crippen MR) is 188 cm³/mol. The molecule has 242 valence electrons. The predicted octanol–water partition coefficient (Wildman–Crippen LogP) is 7.12. The Bertz CT molecular complexity index is 1700. The van der Waals surface area contributed by atoms with Gasteiger partial charge in [-0.25, -0.2) is 8.42 Å². The molecule has 4 aromatic rings. The van der Waals surface area contributed by atoms with Crippen LogP contribution in [-0.4, -0.2) is 50.0 Å². The minimum atomic E-state index is -4.17. The highest BCUT2D eigenvalue weighted by atomic mass is 35.5. The Balaban J connectivity index is 1.80. The van der Waals surface area contributed by atoms with Crippen LogP contribution in [0.4, 0.5) is 5.69 Å². The van der Waals surface area contributed by atoms with E-state index in [4.69, 9.17) is 11.6 Å². The first-order chi connectivity index (χ1) is 22.0. The number of anilines is 1. The maximum Gasteiger partial charge on any atom is 0.264 e. The summed E-state index contributed by atoms with van der Waals surface area (Å²) in [5, 5.41) is 3.59. The second kappa shape index (κ2) is 16.2. The number of carbonyl (C=O) groups excluding carboxylic acids is 2. The molecule has 0 aliphatic rings. The molecule has 10 heteroatoms. The van der Waals surface area contributed by atoms with Crippen molar-refractivity contribution >= 4 is 50.9 Å². The molecule has 0 aromatic heterocycles. The quantitative estimate of drug-likeness (QED) is 0.144. The Hall–Kier alpha value is -3.79. The third kappa shape index (κ3) is 9.15. The third-order valence-electron chi connectivity index (χ3n) is 7.79. The van der Waals surface area contributed by atoms with Gasteiger partial charge in [-0.05, 0) is 86.2 Å². The maximum absolute atomic E-state index is 14.5. The van der Waals surface area contributed by atoms with Crippen molar-refractivity contribution in [1.29, 1.82) is 0 Å². The summed E-state index contributed by atoms with van der Waals surface area (Å²) >= 11 is 7.67. The molecule has 0 unspecified atom stereocenters. The molecule has 0 fully saturated rings. The average Bonchev–Trinajstić information content (AvgIpc) is 3.06. The molecule has 4 rings (SSSR count). The van der Waals surface area contributed by atoms with Crippen molar-refractivity contribution in [1.82, 2.24) is 10.2 Å². The Kier molecular flexibility index (Phi) is 12.3. The lowest BCUT2D eigenvalue weighted by molar-refractivity contribution is -0.140. The minimum Gasteiger partial charge on any atom is -0.352 e. The Morgan fingerprint density at radius 2 is 1.50 bits per heavy atom. The molecule has 4 aromatic carbocycles. The molecule has 7 nitrogen and oxygen atoms in total. The summed E-state index contributed by atoms with van der Waals surface area (Å²) in [6.07, 6.45) is 2.87. The molecule has 1 N–H and O–H groups in total. The molecular weight excluding hydrogens is 638 g/mol. The van der Waals surface area contributed by atoms with E-state index in [9.17, 15) is 18.0 Å². The zero-order valence-corrected chi connectivity index (χ0v) is 28.9. The second-order valence-electron chi connectivity index (χ2n) is 11.2. The topological polar surface area (TPSA) is 86.8 Å². The summed E-state index contributed by atoms with van der Waals surface area (Å²) in [5.41, 5.74) is 2.93. The van der Waals surface area contributed by atoms with Crippen LogP contribution in [0.25, 0.3) is 0 Å². The SMILES string of the molecule is CC[C@@H](C)NC(=O)[C@@H](Cc1ccccc1)N(Cc1ccc(Cl)cc1)C(=O)CN(c1ccc(C)cc1)S(=O)(=O)c1ccc(SC)cc1. The van der Waals surface area contributed by atoms with Crippen molar-refractivity contribution in [2.45, 2.75) is 62.0 Å². The molecule has 0 saturated heterocycles.